The smallest absolute Gasteiger partial charge is 0.410 e. The zero-order valence-corrected chi connectivity index (χ0v) is 23.0. The number of hydrogen-bond acceptors (Lipinski definition) is 7. The van der Waals surface area contributed by atoms with Gasteiger partial charge >= 0.3 is 12.1 Å². The molecule has 4 aromatic rings. The van der Waals surface area contributed by atoms with E-state index in [0.29, 0.717) is 47.2 Å². The lowest BCUT2D eigenvalue weighted by Crippen LogP contribution is -2.54. The zero-order chi connectivity index (χ0) is 28.1. The monoisotopic (exact) mass is 555 g/mol. The molecule has 5 rings (SSSR count). The number of ether oxygens (including phenoxy) is 2. The maximum atomic E-state index is 16.2. The summed E-state index contributed by atoms with van der Waals surface area (Å²) in [5.74, 6) is -0.876. The first-order valence-electron chi connectivity index (χ1n) is 12.5. The van der Waals surface area contributed by atoms with Gasteiger partial charge in [0.1, 0.15) is 28.4 Å². The standard InChI is InChI=1S/C28H28ClF2N5O3/c1-15-14-35(27(37)39-28(2,3)4)11-12-36(15)25-18-13-32-23(22(31)24(18)33-26(34-25)38-5)17-8-6-7-16-9-10-19(30)21(29)20(16)17/h6-10,13,15H,11-12,14H2,1-5H3. The van der Waals surface area contributed by atoms with Crippen molar-refractivity contribution in [2.45, 2.75) is 39.3 Å². The molecule has 0 bridgehead atoms. The number of carbonyl (C=O) groups excluding carboxylic acids is 1. The van der Waals surface area contributed by atoms with Crippen LogP contribution in [0.5, 0.6) is 6.01 Å². The molecule has 204 valence electrons. The summed E-state index contributed by atoms with van der Waals surface area (Å²) in [6.07, 6.45) is 1.11. The van der Waals surface area contributed by atoms with Crippen LogP contribution in [0.1, 0.15) is 27.7 Å². The molecule has 1 atom stereocenters. The van der Waals surface area contributed by atoms with E-state index in [1.807, 2.05) is 32.6 Å². The minimum absolute atomic E-state index is 0.00755. The minimum Gasteiger partial charge on any atom is -0.467 e. The molecule has 0 aliphatic carbocycles. The highest BCUT2D eigenvalue weighted by molar-refractivity contribution is 6.36. The molecule has 1 unspecified atom stereocenters. The highest BCUT2D eigenvalue weighted by atomic mass is 35.5. The first-order chi connectivity index (χ1) is 18.5. The van der Waals surface area contributed by atoms with Crippen LogP contribution in [0, 0.1) is 11.6 Å². The normalized spacial score (nSPS) is 16.2. The number of fused-ring (bicyclic) bond motifs is 2. The molecule has 8 nitrogen and oxygen atoms in total. The summed E-state index contributed by atoms with van der Waals surface area (Å²) in [5.41, 5.74) is -0.271. The predicted octanol–water partition coefficient (Wildman–Crippen LogP) is 6.23. The van der Waals surface area contributed by atoms with Gasteiger partial charge in [-0.2, -0.15) is 9.97 Å². The van der Waals surface area contributed by atoms with Gasteiger partial charge in [0, 0.05) is 42.8 Å². The zero-order valence-electron chi connectivity index (χ0n) is 22.3. The Morgan fingerprint density at radius 2 is 1.90 bits per heavy atom. The van der Waals surface area contributed by atoms with Gasteiger partial charge in [-0.05, 0) is 39.1 Å². The Hall–Kier alpha value is -3.79. The van der Waals surface area contributed by atoms with Crippen LogP contribution in [-0.2, 0) is 4.74 Å². The van der Waals surface area contributed by atoms with Crippen molar-refractivity contribution in [2.24, 2.45) is 0 Å². The van der Waals surface area contributed by atoms with Crippen molar-refractivity contribution in [3.05, 3.63) is 53.2 Å². The molecule has 1 aliphatic rings. The van der Waals surface area contributed by atoms with E-state index in [0.717, 1.165) is 0 Å². The van der Waals surface area contributed by atoms with Gasteiger partial charge in [0.2, 0.25) is 0 Å². The summed E-state index contributed by atoms with van der Waals surface area (Å²) >= 11 is 6.30. The number of halogens is 3. The molecule has 2 aromatic carbocycles. The number of pyridine rings is 1. The predicted molar refractivity (Wildman–Crippen MR) is 146 cm³/mol. The second-order valence-electron chi connectivity index (χ2n) is 10.5. The number of hydrogen-bond donors (Lipinski definition) is 0. The third kappa shape index (κ3) is 5.01. The van der Waals surface area contributed by atoms with E-state index in [2.05, 4.69) is 15.0 Å². The number of nitrogens with zero attached hydrogens (tertiary/aromatic N) is 5. The van der Waals surface area contributed by atoms with E-state index in [4.69, 9.17) is 21.1 Å². The molecule has 0 radical (unpaired) electrons. The average molecular weight is 556 g/mol. The lowest BCUT2D eigenvalue weighted by molar-refractivity contribution is 0.0218. The highest BCUT2D eigenvalue weighted by Gasteiger charge is 2.32. The van der Waals surface area contributed by atoms with E-state index in [-0.39, 0.29) is 34.4 Å². The summed E-state index contributed by atoms with van der Waals surface area (Å²) in [5, 5.41) is 1.28. The summed E-state index contributed by atoms with van der Waals surface area (Å²) in [4.78, 5) is 29.5. The lowest BCUT2D eigenvalue weighted by atomic mass is 10.0. The van der Waals surface area contributed by atoms with Crippen LogP contribution in [0.2, 0.25) is 5.02 Å². The molecular weight excluding hydrogens is 528 g/mol. The van der Waals surface area contributed by atoms with E-state index >= 15 is 4.39 Å². The number of carbonyl (C=O) groups is 1. The van der Waals surface area contributed by atoms with Gasteiger partial charge in [-0.1, -0.05) is 35.9 Å². The summed E-state index contributed by atoms with van der Waals surface area (Å²) < 4.78 is 41.3. The van der Waals surface area contributed by atoms with Crippen LogP contribution in [0.15, 0.2) is 36.5 Å². The molecule has 1 aliphatic heterocycles. The Morgan fingerprint density at radius 3 is 2.59 bits per heavy atom. The van der Waals surface area contributed by atoms with E-state index < -0.39 is 17.2 Å². The fourth-order valence-corrected chi connectivity index (χ4v) is 5.07. The Morgan fingerprint density at radius 1 is 1.13 bits per heavy atom. The quantitative estimate of drug-likeness (QED) is 0.296. The Balaban J connectivity index is 1.58. The lowest BCUT2D eigenvalue weighted by Gasteiger charge is -2.41. The van der Waals surface area contributed by atoms with Gasteiger partial charge in [0.15, 0.2) is 5.82 Å². The van der Waals surface area contributed by atoms with Crippen molar-refractivity contribution < 1.29 is 23.0 Å². The number of piperazine rings is 1. The molecule has 0 saturated carbocycles. The molecule has 1 saturated heterocycles. The van der Waals surface area contributed by atoms with Crippen molar-refractivity contribution in [1.29, 1.82) is 0 Å². The van der Waals surface area contributed by atoms with Crippen LogP contribution in [0.25, 0.3) is 32.9 Å². The summed E-state index contributed by atoms with van der Waals surface area (Å²) in [6.45, 7) is 8.62. The number of amides is 1. The van der Waals surface area contributed by atoms with Crippen molar-refractivity contribution in [3.8, 4) is 17.3 Å². The molecule has 1 fully saturated rings. The fourth-order valence-electron chi connectivity index (χ4n) is 4.79. The maximum absolute atomic E-state index is 16.2. The van der Waals surface area contributed by atoms with Crippen LogP contribution in [0.3, 0.4) is 0 Å². The van der Waals surface area contributed by atoms with Gasteiger partial charge in [0.05, 0.1) is 17.5 Å². The molecule has 39 heavy (non-hydrogen) atoms. The van der Waals surface area contributed by atoms with Crippen LogP contribution in [0.4, 0.5) is 19.4 Å². The SMILES string of the molecule is COc1nc(N2CCN(C(=O)OC(C)(C)C)CC2C)c2cnc(-c3cccc4ccc(F)c(Cl)c34)c(F)c2n1. The third-order valence-electron chi connectivity index (χ3n) is 6.57. The summed E-state index contributed by atoms with van der Waals surface area (Å²) in [6, 6.07) is 7.81. The second kappa shape index (κ2) is 10.1. The van der Waals surface area contributed by atoms with Crippen molar-refractivity contribution >= 4 is 45.2 Å². The highest BCUT2D eigenvalue weighted by Crippen LogP contribution is 2.38. The number of anilines is 1. The topological polar surface area (TPSA) is 80.7 Å². The van der Waals surface area contributed by atoms with E-state index in [1.165, 1.54) is 19.4 Å². The second-order valence-corrected chi connectivity index (χ2v) is 10.8. The van der Waals surface area contributed by atoms with Crippen molar-refractivity contribution in [3.63, 3.8) is 0 Å². The molecule has 0 N–H and O–H groups in total. The van der Waals surface area contributed by atoms with Crippen LogP contribution < -0.4 is 9.64 Å². The molecule has 3 heterocycles. The maximum Gasteiger partial charge on any atom is 0.410 e. The number of aromatic nitrogens is 3. The molecule has 1 amide bonds. The Kier molecular flexibility index (Phi) is 6.92. The van der Waals surface area contributed by atoms with Gasteiger partial charge in [0.25, 0.3) is 0 Å². The molecule has 2 aromatic heterocycles. The molecule has 0 spiro atoms. The van der Waals surface area contributed by atoms with Gasteiger partial charge in [-0.15, -0.1) is 0 Å². The fraction of sp³-hybridized carbons (Fsp3) is 0.357. The Bertz CT molecular complexity index is 1590. The van der Waals surface area contributed by atoms with E-state index in [9.17, 15) is 9.18 Å². The third-order valence-corrected chi connectivity index (χ3v) is 6.94. The number of methoxy groups -OCH3 is 1. The number of benzene rings is 2. The largest absolute Gasteiger partial charge is 0.467 e. The van der Waals surface area contributed by atoms with E-state index in [1.54, 1.807) is 29.2 Å². The molecular formula is C28H28ClF2N5O3. The van der Waals surface area contributed by atoms with Gasteiger partial charge in [-0.25, -0.2) is 13.6 Å². The first-order valence-corrected chi connectivity index (χ1v) is 12.9. The summed E-state index contributed by atoms with van der Waals surface area (Å²) in [7, 11) is 1.40. The van der Waals surface area contributed by atoms with Gasteiger partial charge in [-0.3, -0.25) is 4.98 Å². The minimum atomic E-state index is -0.706. The van der Waals surface area contributed by atoms with Crippen molar-refractivity contribution in [2.75, 3.05) is 31.6 Å². The first kappa shape index (κ1) is 26.8. The average Bonchev–Trinajstić information content (AvgIpc) is 2.89. The van der Waals surface area contributed by atoms with Crippen molar-refractivity contribution in [1.82, 2.24) is 19.9 Å². The van der Waals surface area contributed by atoms with Gasteiger partial charge < -0.3 is 19.3 Å². The Labute approximate surface area is 229 Å². The van der Waals surface area contributed by atoms with Crippen LogP contribution >= 0.6 is 11.6 Å². The molecule has 11 heteroatoms. The van der Waals surface area contributed by atoms with Crippen LogP contribution in [-0.4, -0.2) is 64.3 Å². The number of rotatable bonds is 3.